The van der Waals surface area contributed by atoms with Gasteiger partial charge in [0.25, 0.3) is 0 Å². The standard InChI is InChI=1S/C10H17N3OS/c1-6(2)8(11)10-12-9(13-14-10)7-4-3-5-15-7/h6-8H,3-5,11H2,1-2H3. The van der Waals surface area contributed by atoms with E-state index in [-0.39, 0.29) is 6.04 Å². The molecule has 2 rings (SSSR count). The Labute approximate surface area is 94.0 Å². The Balaban J connectivity index is 2.09. The topological polar surface area (TPSA) is 64.9 Å². The molecule has 2 atom stereocenters. The third-order valence-corrected chi connectivity index (χ3v) is 4.05. The maximum atomic E-state index is 5.95. The summed E-state index contributed by atoms with van der Waals surface area (Å²) in [4.78, 5) is 4.39. The summed E-state index contributed by atoms with van der Waals surface area (Å²) in [6, 6.07) is -0.141. The maximum absolute atomic E-state index is 5.95. The van der Waals surface area contributed by atoms with E-state index >= 15 is 0 Å². The highest BCUT2D eigenvalue weighted by molar-refractivity contribution is 7.99. The number of thioether (sulfide) groups is 1. The number of rotatable bonds is 3. The van der Waals surface area contributed by atoms with Gasteiger partial charge in [0.15, 0.2) is 5.82 Å². The van der Waals surface area contributed by atoms with Gasteiger partial charge in [-0.3, -0.25) is 0 Å². The lowest BCUT2D eigenvalue weighted by atomic mass is 10.1. The molecule has 0 spiro atoms. The minimum Gasteiger partial charge on any atom is -0.338 e. The van der Waals surface area contributed by atoms with E-state index in [9.17, 15) is 0 Å². The molecule has 1 aromatic rings. The molecule has 2 N–H and O–H groups in total. The molecule has 84 valence electrons. The Morgan fingerprint density at radius 2 is 2.33 bits per heavy atom. The molecule has 0 aliphatic carbocycles. The lowest BCUT2D eigenvalue weighted by Crippen LogP contribution is -2.17. The number of nitrogens with two attached hydrogens (primary N) is 1. The summed E-state index contributed by atoms with van der Waals surface area (Å²) in [5.41, 5.74) is 5.95. The Morgan fingerprint density at radius 1 is 1.53 bits per heavy atom. The van der Waals surface area contributed by atoms with Crippen molar-refractivity contribution in [3.8, 4) is 0 Å². The molecular formula is C10H17N3OS. The van der Waals surface area contributed by atoms with Crippen LogP contribution in [0, 0.1) is 5.92 Å². The van der Waals surface area contributed by atoms with Crippen LogP contribution in [0.15, 0.2) is 4.52 Å². The molecular weight excluding hydrogens is 210 g/mol. The Kier molecular flexibility index (Phi) is 3.31. The van der Waals surface area contributed by atoms with Gasteiger partial charge in [0, 0.05) is 0 Å². The van der Waals surface area contributed by atoms with Gasteiger partial charge < -0.3 is 10.3 Å². The van der Waals surface area contributed by atoms with Crippen molar-refractivity contribution in [3.63, 3.8) is 0 Å². The molecule has 1 aromatic heterocycles. The van der Waals surface area contributed by atoms with Crippen molar-refractivity contribution >= 4 is 11.8 Å². The highest BCUT2D eigenvalue weighted by Gasteiger charge is 2.25. The second kappa shape index (κ2) is 4.53. The number of hydrogen-bond donors (Lipinski definition) is 1. The van der Waals surface area contributed by atoms with Gasteiger partial charge in [-0.25, -0.2) is 0 Å². The third kappa shape index (κ3) is 2.34. The normalized spacial score (nSPS) is 23.6. The molecule has 0 radical (unpaired) electrons. The highest BCUT2D eigenvalue weighted by atomic mass is 32.2. The van der Waals surface area contributed by atoms with Gasteiger partial charge in [-0.15, -0.1) is 0 Å². The fraction of sp³-hybridized carbons (Fsp3) is 0.800. The zero-order valence-corrected chi connectivity index (χ0v) is 9.96. The predicted octanol–water partition coefficient (Wildman–Crippen LogP) is 2.29. The molecule has 1 saturated heterocycles. The number of nitrogens with zero attached hydrogens (tertiary/aromatic N) is 2. The monoisotopic (exact) mass is 227 g/mol. The first-order valence-corrected chi connectivity index (χ1v) is 6.44. The summed E-state index contributed by atoms with van der Waals surface area (Å²) in [6.45, 7) is 4.11. The summed E-state index contributed by atoms with van der Waals surface area (Å²) in [6.07, 6.45) is 2.40. The van der Waals surface area contributed by atoms with Crippen molar-refractivity contribution in [1.29, 1.82) is 0 Å². The van der Waals surface area contributed by atoms with E-state index in [2.05, 4.69) is 24.0 Å². The van der Waals surface area contributed by atoms with Gasteiger partial charge in [-0.1, -0.05) is 19.0 Å². The molecule has 0 saturated carbocycles. The first kappa shape index (κ1) is 11.0. The molecule has 4 nitrogen and oxygen atoms in total. The van der Waals surface area contributed by atoms with Gasteiger partial charge >= 0.3 is 0 Å². The Bertz CT molecular complexity index is 304. The van der Waals surface area contributed by atoms with E-state index in [1.807, 2.05) is 11.8 Å². The predicted molar refractivity (Wildman–Crippen MR) is 60.5 cm³/mol. The van der Waals surface area contributed by atoms with Crippen LogP contribution in [0.4, 0.5) is 0 Å². The second-order valence-electron chi connectivity index (χ2n) is 4.26. The van der Waals surface area contributed by atoms with E-state index in [1.165, 1.54) is 12.2 Å². The van der Waals surface area contributed by atoms with Crippen molar-refractivity contribution in [1.82, 2.24) is 10.1 Å². The van der Waals surface area contributed by atoms with Crippen LogP contribution in [0.3, 0.4) is 0 Å². The van der Waals surface area contributed by atoms with Crippen LogP contribution in [-0.4, -0.2) is 15.9 Å². The molecule has 5 heteroatoms. The smallest absolute Gasteiger partial charge is 0.243 e. The van der Waals surface area contributed by atoms with E-state index in [0.29, 0.717) is 17.1 Å². The molecule has 2 heterocycles. The average Bonchev–Trinajstić information content (AvgIpc) is 2.86. The Morgan fingerprint density at radius 3 is 2.93 bits per heavy atom. The van der Waals surface area contributed by atoms with Crippen LogP contribution in [0.2, 0.25) is 0 Å². The van der Waals surface area contributed by atoms with Gasteiger partial charge in [-0.05, 0) is 24.5 Å². The van der Waals surface area contributed by atoms with Crippen molar-refractivity contribution in [3.05, 3.63) is 11.7 Å². The first-order chi connectivity index (χ1) is 7.18. The van der Waals surface area contributed by atoms with E-state index < -0.39 is 0 Å². The SMILES string of the molecule is CC(C)C(N)c1nc(C2CCCS2)no1. The summed E-state index contributed by atoms with van der Waals surface area (Å²) < 4.78 is 5.20. The second-order valence-corrected chi connectivity index (χ2v) is 5.57. The molecule has 15 heavy (non-hydrogen) atoms. The average molecular weight is 227 g/mol. The number of hydrogen-bond acceptors (Lipinski definition) is 5. The summed E-state index contributed by atoms with van der Waals surface area (Å²) in [5.74, 6) is 2.93. The zero-order chi connectivity index (χ0) is 10.8. The van der Waals surface area contributed by atoms with Crippen LogP contribution in [0.25, 0.3) is 0 Å². The van der Waals surface area contributed by atoms with Crippen LogP contribution in [0.5, 0.6) is 0 Å². The first-order valence-electron chi connectivity index (χ1n) is 5.39. The van der Waals surface area contributed by atoms with Crippen molar-refractivity contribution in [2.24, 2.45) is 11.7 Å². The third-order valence-electron chi connectivity index (χ3n) is 2.68. The van der Waals surface area contributed by atoms with Gasteiger partial charge in [0.1, 0.15) is 0 Å². The van der Waals surface area contributed by atoms with E-state index in [0.717, 1.165) is 12.2 Å². The van der Waals surface area contributed by atoms with E-state index in [1.54, 1.807) is 0 Å². The summed E-state index contributed by atoms with van der Waals surface area (Å²) >= 11 is 1.90. The molecule has 0 amide bonds. The minimum absolute atomic E-state index is 0.141. The van der Waals surface area contributed by atoms with Gasteiger partial charge in [0.2, 0.25) is 5.89 Å². The van der Waals surface area contributed by atoms with Gasteiger partial charge in [0.05, 0.1) is 11.3 Å². The van der Waals surface area contributed by atoms with Gasteiger partial charge in [-0.2, -0.15) is 16.7 Å². The van der Waals surface area contributed by atoms with Crippen molar-refractivity contribution in [2.45, 2.75) is 38.0 Å². The number of aromatic nitrogens is 2. The van der Waals surface area contributed by atoms with Crippen LogP contribution in [-0.2, 0) is 0 Å². The molecule has 1 fully saturated rings. The zero-order valence-electron chi connectivity index (χ0n) is 9.14. The fourth-order valence-corrected chi connectivity index (χ4v) is 2.78. The quantitative estimate of drug-likeness (QED) is 0.858. The molecule has 0 aromatic carbocycles. The lowest BCUT2D eigenvalue weighted by Gasteiger charge is -2.09. The minimum atomic E-state index is -0.141. The lowest BCUT2D eigenvalue weighted by molar-refractivity contribution is 0.322. The molecule has 1 aliphatic rings. The maximum Gasteiger partial charge on any atom is 0.243 e. The van der Waals surface area contributed by atoms with E-state index in [4.69, 9.17) is 10.3 Å². The van der Waals surface area contributed by atoms with Crippen LogP contribution >= 0.6 is 11.8 Å². The fourth-order valence-electron chi connectivity index (χ4n) is 1.58. The largest absolute Gasteiger partial charge is 0.338 e. The molecule has 2 unspecified atom stereocenters. The van der Waals surface area contributed by atoms with Crippen LogP contribution < -0.4 is 5.73 Å². The summed E-state index contributed by atoms with van der Waals surface area (Å²) in [5, 5.41) is 4.43. The summed E-state index contributed by atoms with van der Waals surface area (Å²) in [7, 11) is 0. The highest BCUT2D eigenvalue weighted by Crippen LogP contribution is 2.38. The Hall–Kier alpha value is -0.550. The van der Waals surface area contributed by atoms with Crippen LogP contribution in [0.1, 0.15) is 49.7 Å². The molecule has 0 bridgehead atoms. The molecule has 1 aliphatic heterocycles. The van der Waals surface area contributed by atoms with Crippen molar-refractivity contribution < 1.29 is 4.52 Å². The van der Waals surface area contributed by atoms with Crippen molar-refractivity contribution in [2.75, 3.05) is 5.75 Å².